The minimum absolute atomic E-state index is 0.145. The van der Waals surface area contributed by atoms with E-state index in [-0.39, 0.29) is 35.0 Å². The monoisotopic (exact) mass is 512 g/mol. The van der Waals surface area contributed by atoms with Crippen molar-refractivity contribution < 1.29 is 29.9 Å². The summed E-state index contributed by atoms with van der Waals surface area (Å²) >= 11 is 0. The molecule has 1 aliphatic rings. The van der Waals surface area contributed by atoms with Gasteiger partial charge in [-0.25, -0.2) is 0 Å². The normalized spacial score (nSPS) is 15.4. The largest absolute Gasteiger partial charge is 0.508 e. The molecule has 6 heteroatoms. The van der Waals surface area contributed by atoms with Gasteiger partial charge in [-0.3, -0.25) is 0 Å². The van der Waals surface area contributed by atoms with Crippen LogP contribution in [-0.2, 0) is 12.8 Å². The molecule has 1 unspecified atom stereocenters. The predicted octanol–water partition coefficient (Wildman–Crippen LogP) is 6.66. The van der Waals surface area contributed by atoms with Crippen LogP contribution in [0.15, 0.2) is 72.8 Å². The third kappa shape index (κ3) is 5.07. The van der Waals surface area contributed by atoms with Crippen molar-refractivity contribution >= 4 is 0 Å². The Bertz CT molecular complexity index is 1430. The smallest absolute Gasteiger partial charge is 0.130 e. The summed E-state index contributed by atoms with van der Waals surface area (Å²) in [5, 5.41) is 40.8. The average molecular weight is 513 g/mol. The van der Waals surface area contributed by atoms with Crippen LogP contribution in [0.2, 0.25) is 0 Å². The Balaban J connectivity index is 1.49. The quantitative estimate of drug-likeness (QED) is 0.221. The average Bonchev–Trinajstić information content (AvgIpc) is 2.93. The standard InChI is InChI=1S/C32H32O6/c1-19-31(36)28(17-23-9-16-29(38-32(19)23)21-5-12-25(34)13-6-21)27(20-3-10-24(33)11-4-20)15-8-22-7-14-26(35)18-30(22)37-2/h3-7,10-14,17-18,27,29,33-36H,8-9,15-16H2,1-2H3/t27?,29-/m0/s1. The van der Waals surface area contributed by atoms with E-state index in [4.69, 9.17) is 9.47 Å². The van der Waals surface area contributed by atoms with Crippen LogP contribution in [0.1, 0.15) is 58.2 Å². The minimum Gasteiger partial charge on any atom is -0.508 e. The first kappa shape index (κ1) is 25.3. The molecule has 0 spiro atoms. The number of hydrogen-bond acceptors (Lipinski definition) is 6. The third-order valence-electron chi connectivity index (χ3n) is 7.44. The Morgan fingerprint density at radius 3 is 2.21 bits per heavy atom. The van der Waals surface area contributed by atoms with Crippen LogP contribution in [0.3, 0.4) is 0 Å². The van der Waals surface area contributed by atoms with Crippen LogP contribution in [0.25, 0.3) is 0 Å². The van der Waals surface area contributed by atoms with E-state index in [0.29, 0.717) is 29.9 Å². The number of hydrogen-bond donors (Lipinski definition) is 4. The van der Waals surface area contributed by atoms with E-state index < -0.39 is 0 Å². The molecule has 38 heavy (non-hydrogen) atoms. The van der Waals surface area contributed by atoms with Crippen molar-refractivity contribution in [1.29, 1.82) is 0 Å². The first-order valence-corrected chi connectivity index (χ1v) is 12.8. The Morgan fingerprint density at radius 2 is 1.53 bits per heavy atom. The minimum atomic E-state index is -0.151. The van der Waals surface area contributed by atoms with Crippen LogP contribution < -0.4 is 9.47 Å². The molecule has 4 N–H and O–H groups in total. The van der Waals surface area contributed by atoms with Crippen LogP contribution in [0, 0.1) is 6.92 Å². The molecule has 6 nitrogen and oxygen atoms in total. The number of aromatic hydroxyl groups is 4. The molecule has 0 radical (unpaired) electrons. The number of phenolic OH excluding ortho intramolecular Hbond substituents is 4. The molecule has 196 valence electrons. The molecule has 4 aromatic carbocycles. The van der Waals surface area contributed by atoms with E-state index in [1.54, 1.807) is 43.5 Å². The molecule has 0 bridgehead atoms. The van der Waals surface area contributed by atoms with Crippen LogP contribution in [-0.4, -0.2) is 27.5 Å². The first-order valence-electron chi connectivity index (χ1n) is 12.8. The summed E-state index contributed by atoms with van der Waals surface area (Å²) in [4.78, 5) is 0. The van der Waals surface area contributed by atoms with Gasteiger partial charge in [-0.15, -0.1) is 0 Å². The van der Waals surface area contributed by atoms with Gasteiger partial charge in [0.1, 0.15) is 40.6 Å². The number of methoxy groups -OCH3 is 1. The summed E-state index contributed by atoms with van der Waals surface area (Å²) in [6, 6.07) is 21.3. The van der Waals surface area contributed by atoms with E-state index in [9.17, 15) is 20.4 Å². The fraction of sp³-hybridized carbons (Fsp3) is 0.250. The molecule has 1 heterocycles. The second kappa shape index (κ2) is 10.6. The van der Waals surface area contributed by atoms with Crippen molar-refractivity contribution in [3.8, 4) is 34.5 Å². The fourth-order valence-corrected chi connectivity index (χ4v) is 5.36. The first-order chi connectivity index (χ1) is 18.3. The summed E-state index contributed by atoms with van der Waals surface area (Å²) in [6.07, 6.45) is 2.76. The SMILES string of the molecule is COc1cc(O)ccc1CCC(c1ccc(O)cc1)c1cc2c(c(C)c1O)O[C@H](c1ccc(O)cc1)CC2. The molecule has 0 aromatic heterocycles. The second-order valence-corrected chi connectivity index (χ2v) is 9.84. The van der Waals surface area contributed by atoms with Crippen LogP contribution in [0.4, 0.5) is 0 Å². The zero-order valence-electron chi connectivity index (χ0n) is 21.5. The van der Waals surface area contributed by atoms with Gasteiger partial charge in [0.15, 0.2) is 0 Å². The van der Waals surface area contributed by atoms with Gasteiger partial charge in [0, 0.05) is 23.1 Å². The van der Waals surface area contributed by atoms with Crippen molar-refractivity contribution in [3.63, 3.8) is 0 Å². The molecule has 0 saturated carbocycles. The summed E-state index contributed by atoms with van der Waals surface area (Å²) < 4.78 is 11.9. The van der Waals surface area contributed by atoms with Crippen LogP contribution in [0.5, 0.6) is 34.5 Å². The lowest BCUT2D eigenvalue weighted by atomic mass is 9.82. The van der Waals surface area contributed by atoms with Crippen molar-refractivity contribution in [2.75, 3.05) is 7.11 Å². The molecule has 0 aliphatic carbocycles. The highest BCUT2D eigenvalue weighted by Crippen LogP contribution is 2.46. The number of aryl methyl sites for hydroxylation is 2. The maximum atomic E-state index is 11.4. The van der Waals surface area contributed by atoms with Gasteiger partial charge in [0.25, 0.3) is 0 Å². The van der Waals surface area contributed by atoms with Gasteiger partial charge in [0.05, 0.1) is 7.11 Å². The lowest BCUT2D eigenvalue weighted by Crippen LogP contribution is -2.17. The second-order valence-electron chi connectivity index (χ2n) is 9.84. The maximum absolute atomic E-state index is 11.4. The molecular weight excluding hydrogens is 480 g/mol. The van der Waals surface area contributed by atoms with Crippen molar-refractivity contribution in [1.82, 2.24) is 0 Å². The van der Waals surface area contributed by atoms with Gasteiger partial charge >= 0.3 is 0 Å². The molecular formula is C32H32O6. The molecule has 0 saturated heterocycles. The number of benzene rings is 4. The van der Waals surface area contributed by atoms with Gasteiger partial charge in [-0.2, -0.15) is 0 Å². The van der Waals surface area contributed by atoms with Crippen molar-refractivity contribution in [2.45, 2.75) is 44.6 Å². The van der Waals surface area contributed by atoms with Crippen LogP contribution >= 0.6 is 0 Å². The van der Waals surface area contributed by atoms with E-state index in [1.165, 1.54) is 0 Å². The van der Waals surface area contributed by atoms with E-state index in [1.807, 2.05) is 37.3 Å². The van der Waals surface area contributed by atoms with Crippen molar-refractivity contribution in [2.24, 2.45) is 0 Å². The van der Waals surface area contributed by atoms with Gasteiger partial charge in [0.2, 0.25) is 0 Å². The van der Waals surface area contributed by atoms with Gasteiger partial charge < -0.3 is 29.9 Å². The zero-order valence-corrected chi connectivity index (χ0v) is 21.5. The highest BCUT2D eigenvalue weighted by molar-refractivity contribution is 5.57. The topological polar surface area (TPSA) is 99.4 Å². The highest BCUT2D eigenvalue weighted by Gasteiger charge is 2.28. The lowest BCUT2D eigenvalue weighted by molar-refractivity contribution is 0.174. The molecule has 4 aromatic rings. The Hall–Kier alpha value is -4.32. The predicted molar refractivity (Wildman–Crippen MR) is 146 cm³/mol. The van der Waals surface area contributed by atoms with Crippen molar-refractivity contribution in [3.05, 3.63) is 106 Å². The summed E-state index contributed by atoms with van der Waals surface area (Å²) in [6.45, 7) is 1.88. The maximum Gasteiger partial charge on any atom is 0.130 e. The summed E-state index contributed by atoms with van der Waals surface area (Å²) in [5.74, 6) is 1.93. The van der Waals surface area contributed by atoms with E-state index >= 15 is 0 Å². The molecule has 1 aliphatic heterocycles. The third-order valence-corrected chi connectivity index (χ3v) is 7.44. The molecule has 0 amide bonds. The lowest BCUT2D eigenvalue weighted by Gasteiger charge is -2.30. The molecule has 5 rings (SSSR count). The number of rotatable bonds is 7. The molecule has 0 fully saturated rings. The Kier molecular flexibility index (Phi) is 7.05. The highest BCUT2D eigenvalue weighted by atomic mass is 16.5. The zero-order chi connectivity index (χ0) is 26.8. The molecule has 2 atom stereocenters. The van der Waals surface area contributed by atoms with Gasteiger partial charge in [-0.05, 0) is 91.3 Å². The number of phenols is 4. The van der Waals surface area contributed by atoms with E-state index in [0.717, 1.165) is 40.7 Å². The summed E-state index contributed by atoms with van der Waals surface area (Å²) in [5.41, 5.74) is 5.50. The van der Waals surface area contributed by atoms with Gasteiger partial charge in [-0.1, -0.05) is 30.3 Å². The number of ether oxygens (including phenoxy) is 2. The Morgan fingerprint density at radius 1 is 0.868 bits per heavy atom. The Labute approximate surface area is 222 Å². The number of fused-ring (bicyclic) bond motifs is 1. The fourth-order valence-electron chi connectivity index (χ4n) is 5.36. The van der Waals surface area contributed by atoms with E-state index in [2.05, 4.69) is 6.07 Å². The summed E-state index contributed by atoms with van der Waals surface area (Å²) in [7, 11) is 1.58.